The van der Waals surface area contributed by atoms with Crippen molar-refractivity contribution in [2.24, 2.45) is 0 Å². The Morgan fingerprint density at radius 2 is 2.18 bits per heavy atom. The Labute approximate surface area is 105 Å². The quantitative estimate of drug-likeness (QED) is 0.771. The molecule has 0 bridgehead atoms. The molecule has 0 radical (unpaired) electrons. The summed E-state index contributed by atoms with van der Waals surface area (Å²) in [5.74, 6) is 0.196. The van der Waals surface area contributed by atoms with E-state index in [2.05, 4.69) is 4.98 Å². The summed E-state index contributed by atoms with van der Waals surface area (Å²) in [4.78, 5) is 16.3. The molecule has 1 heterocycles. The maximum absolute atomic E-state index is 12.0. The summed E-state index contributed by atoms with van der Waals surface area (Å²) < 4.78 is 0. The second-order valence-corrected chi connectivity index (χ2v) is 5.12. The normalized spacial score (nSPS) is 10.5. The number of Topliss-reactive ketones (excluding diaryl/α,β-unsaturated/α-hetero) is 1. The first kappa shape index (κ1) is 12.0. The molecule has 2 nitrogen and oxygen atoms in total. The Morgan fingerprint density at radius 1 is 1.35 bits per heavy atom. The van der Waals surface area contributed by atoms with Crippen molar-refractivity contribution < 1.29 is 4.79 Å². The molecule has 0 N–H and O–H groups in total. The van der Waals surface area contributed by atoms with Gasteiger partial charge >= 0.3 is 0 Å². The molecule has 17 heavy (non-hydrogen) atoms. The molecule has 0 spiro atoms. The van der Waals surface area contributed by atoms with E-state index < -0.39 is 0 Å². The number of aryl methyl sites for hydroxylation is 3. The average molecular weight is 245 g/mol. The fraction of sp³-hybridized carbons (Fsp3) is 0.286. The third-order valence-electron chi connectivity index (χ3n) is 2.57. The van der Waals surface area contributed by atoms with Crippen LogP contribution in [0.15, 0.2) is 29.6 Å². The van der Waals surface area contributed by atoms with Crippen LogP contribution in [-0.4, -0.2) is 10.8 Å². The van der Waals surface area contributed by atoms with Gasteiger partial charge in [-0.2, -0.15) is 0 Å². The molecule has 0 amide bonds. The number of ketones is 1. The van der Waals surface area contributed by atoms with E-state index >= 15 is 0 Å². The second-order valence-electron chi connectivity index (χ2n) is 4.18. The minimum Gasteiger partial charge on any atom is -0.294 e. The molecule has 2 rings (SSSR count). The number of carbonyl (C=O) groups excluding carboxylic acids is 1. The highest BCUT2D eigenvalue weighted by Gasteiger charge is 2.07. The maximum Gasteiger partial charge on any atom is 0.163 e. The first-order valence-corrected chi connectivity index (χ1v) is 6.54. The Balaban J connectivity index is 1.98. The molecule has 0 aliphatic rings. The molecule has 0 fully saturated rings. The highest BCUT2D eigenvalue weighted by Crippen LogP contribution is 2.13. The molecule has 2 aromatic rings. The van der Waals surface area contributed by atoms with E-state index in [9.17, 15) is 4.79 Å². The molecule has 0 saturated heterocycles. The molecule has 88 valence electrons. The lowest BCUT2D eigenvalue weighted by molar-refractivity contribution is 0.0982. The van der Waals surface area contributed by atoms with Gasteiger partial charge in [0.25, 0.3) is 0 Å². The summed E-state index contributed by atoms with van der Waals surface area (Å²) in [5.41, 5.74) is 2.97. The molecule has 0 saturated carbocycles. The van der Waals surface area contributed by atoms with Crippen molar-refractivity contribution in [3.8, 4) is 0 Å². The van der Waals surface area contributed by atoms with Gasteiger partial charge in [0.1, 0.15) is 0 Å². The van der Waals surface area contributed by atoms with Crippen LogP contribution in [0.2, 0.25) is 0 Å². The van der Waals surface area contributed by atoms with Crippen LogP contribution in [0, 0.1) is 13.8 Å². The lowest BCUT2D eigenvalue weighted by Gasteiger charge is -2.00. The highest BCUT2D eigenvalue weighted by molar-refractivity contribution is 7.09. The monoisotopic (exact) mass is 245 g/mol. The first-order valence-electron chi connectivity index (χ1n) is 5.66. The fourth-order valence-electron chi connectivity index (χ4n) is 1.70. The minimum absolute atomic E-state index is 0.196. The summed E-state index contributed by atoms with van der Waals surface area (Å²) in [6.45, 7) is 3.98. The van der Waals surface area contributed by atoms with E-state index in [0.29, 0.717) is 6.42 Å². The third-order valence-corrected chi connectivity index (χ3v) is 3.60. The van der Waals surface area contributed by atoms with Gasteiger partial charge in [-0.05, 0) is 19.9 Å². The van der Waals surface area contributed by atoms with Crippen LogP contribution in [0.1, 0.15) is 33.0 Å². The van der Waals surface area contributed by atoms with Gasteiger partial charge in [0, 0.05) is 29.5 Å². The van der Waals surface area contributed by atoms with Gasteiger partial charge in [0.05, 0.1) is 5.01 Å². The van der Waals surface area contributed by atoms with Crippen molar-refractivity contribution in [3.63, 3.8) is 0 Å². The minimum atomic E-state index is 0.196. The van der Waals surface area contributed by atoms with Gasteiger partial charge in [0.2, 0.25) is 0 Å². The van der Waals surface area contributed by atoms with Crippen molar-refractivity contribution in [2.45, 2.75) is 26.7 Å². The van der Waals surface area contributed by atoms with Gasteiger partial charge in [0.15, 0.2) is 5.78 Å². The van der Waals surface area contributed by atoms with Crippen LogP contribution in [0.5, 0.6) is 0 Å². The van der Waals surface area contributed by atoms with E-state index in [0.717, 1.165) is 28.2 Å². The van der Waals surface area contributed by atoms with Gasteiger partial charge < -0.3 is 0 Å². The summed E-state index contributed by atoms with van der Waals surface area (Å²) in [6, 6.07) is 7.74. The zero-order valence-electron chi connectivity index (χ0n) is 10.1. The van der Waals surface area contributed by atoms with Gasteiger partial charge in [-0.25, -0.2) is 4.98 Å². The van der Waals surface area contributed by atoms with Crippen molar-refractivity contribution >= 4 is 17.1 Å². The molecule has 1 aromatic carbocycles. The number of hydrogen-bond acceptors (Lipinski definition) is 3. The Kier molecular flexibility index (Phi) is 3.69. The van der Waals surface area contributed by atoms with E-state index in [-0.39, 0.29) is 5.78 Å². The van der Waals surface area contributed by atoms with Crippen LogP contribution in [0.4, 0.5) is 0 Å². The van der Waals surface area contributed by atoms with Gasteiger partial charge in [-0.15, -0.1) is 11.3 Å². The zero-order valence-corrected chi connectivity index (χ0v) is 10.9. The molecular formula is C14H15NOS. The standard InChI is InChI=1S/C14H15NOS/c1-10-4-3-5-12(8-10)13(16)6-7-14-15-11(2)9-17-14/h3-5,8-9H,6-7H2,1-2H3. The largest absolute Gasteiger partial charge is 0.294 e. The van der Waals surface area contributed by atoms with Crippen LogP contribution in [0.3, 0.4) is 0 Å². The predicted molar refractivity (Wildman–Crippen MR) is 70.7 cm³/mol. The van der Waals surface area contributed by atoms with Crippen LogP contribution in [-0.2, 0) is 6.42 Å². The number of thiazole rings is 1. The van der Waals surface area contributed by atoms with E-state index in [4.69, 9.17) is 0 Å². The Bertz CT molecular complexity index is 531. The molecule has 0 aliphatic carbocycles. The number of carbonyl (C=O) groups is 1. The average Bonchev–Trinajstić information content (AvgIpc) is 2.72. The third kappa shape index (κ3) is 3.24. The number of rotatable bonds is 4. The smallest absolute Gasteiger partial charge is 0.163 e. The summed E-state index contributed by atoms with van der Waals surface area (Å²) >= 11 is 1.63. The van der Waals surface area contributed by atoms with E-state index in [1.807, 2.05) is 43.5 Å². The van der Waals surface area contributed by atoms with Crippen LogP contribution < -0.4 is 0 Å². The highest BCUT2D eigenvalue weighted by atomic mass is 32.1. The summed E-state index contributed by atoms with van der Waals surface area (Å²) in [7, 11) is 0. The Hall–Kier alpha value is -1.48. The SMILES string of the molecule is Cc1cccc(C(=O)CCc2nc(C)cs2)c1. The van der Waals surface area contributed by atoms with E-state index in [1.54, 1.807) is 11.3 Å². The lowest BCUT2D eigenvalue weighted by atomic mass is 10.0. The lowest BCUT2D eigenvalue weighted by Crippen LogP contribution is -2.01. The van der Waals surface area contributed by atoms with Crippen LogP contribution in [0.25, 0.3) is 0 Å². The molecule has 3 heteroatoms. The maximum atomic E-state index is 12.0. The van der Waals surface area contributed by atoms with Crippen LogP contribution >= 0.6 is 11.3 Å². The fourth-order valence-corrected chi connectivity index (χ4v) is 2.48. The number of hydrogen-bond donors (Lipinski definition) is 0. The summed E-state index contributed by atoms with van der Waals surface area (Å²) in [6.07, 6.45) is 1.28. The topological polar surface area (TPSA) is 30.0 Å². The molecular weight excluding hydrogens is 230 g/mol. The zero-order chi connectivity index (χ0) is 12.3. The van der Waals surface area contributed by atoms with E-state index in [1.165, 1.54) is 0 Å². The number of nitrogens with zero attached hydrogens (tertiary/aromatic N) is 1. The molecule has 1 aromatic heterocycles. The van der Waals surface area contributed by atoms with Gasteiger partial charge in [-0.3, -0.25) is 4.79 Å². The van der Waals surface area contributed by atoms with Gasteiger partial charge in [-0.1, -0.05) is 23.8 Å². The van der Waals surface area contributed by atoms with Crippen molar-refractivity contribution in [1.29, 1.82) is 0 Å². The predicted octanol–water partition coefficient (Wildman–Crippen LogP) is 3.58. The number of aromatic nitrogens is 1. The number of benzene rings is 1. The van der Waals surface area contributed by atoms with Crippen molar-refractivity contribution in [2.75, 3.05) is 0 Å². The Morgan fingerprint density at radius 3 is 2.82 bits per heavy atom. The first-order chi connectivity index (χ1) is 8.15. The second kappa shape index (κ2) is 5.23. The molecule has 0 aliphatic heterocycles. The summed E-state index contributed by atoms with van der Waals surface area (Å²) in [5, 5.41) is 3.07. The molecule has 0 atom stereocenters. The van der Waals surface area contributed by atoms with Crippen molar-refractivity contribution in [3.05, 3.63) is 51.5 Å². The molecule has 0 unspecified atom stereocenters. The van der Waals surface area contributed by atoms with Crippen molar-refractivity contribution in [1.82, 2.24) is 4.98 Å².